The standard InChI is InChI=1S/C13H14N4/c14-12-11-9-6-2-1-4-8(9)5-3-7-10(11)16-13(15)17-12/h1-2,4,6H,3,5,7H2,(H4,14,15,16,17). The van der Waals surface area contributed by atoms with Gasteiger partial charge in [-0.1, -0.05) is 24.3 Å². The predicted molar refractivity (Wildman–Crippen MR) is 68.3 cm³/mol. The molecule has 1 aromatic heterocycles. The fourth-order valence-corrected chi connectivity index (χ4v) is 2.45. The van der Waals surface area contributed by atoms with Gasteiger partial charge in [0, 0.05) is 5.56 Å². The van der Waals surface area contributed by atoms with Crippen LogP contribution in [0.3, 0.4) is 0 Å². The molecular formula is C13H14N4. The summed E-state index contributed by atoms with van der Waals surface area (Å²) in [6, 6.07) is 8.29. The van der Waals surface area contributed by atoms with Crippen molar-refractivity contribution in [3.8, 4) is 11.1 Å². The molecule has 4 nitrogen and oxygen atoms in total. The zero-order valence-electron chi connectivity index (χ0n) is 9.48. The Balaban J connectivity index is 2.32. The zero-order chi connectivity index (χ0) is 11.8. The Morgan fingerprint density at radius 1 is 1.00 bits per heavy atom. The average Bonchev–Trinajstić information content (AvgIpc) is 2.47. The molecule has 1 aliphatic rings. The number of nitrogens with zero attached hydrogens (tertiary/aromatic N) is 2. The molecule has 86 valence electrons. The minimum absolute atomic E-state index is 0.264. The monoisotopic (exact) mass is 226 g/mol. The van der Waals surface area contributed by atoms with Gasteiger partial charge in [-0.05, 0) is 30.4 Å². The van der Waals surface area contributed by atoms with Crippen LogP contribution in [0.2, 0.25) is 0 Å². The van der Waals surface area contributed by atoms with Gasteiger partial charge in [0.25, 0.3) is 0 Å². The van der Waals surface area contributed by atoms with Gasteiger partial charge in [-0.3, -0.25) is 0 Å². The molecule has 17 heavy (non-hydrogen) atoms. The molecule has 0 saturated heterocycles. The van der Waals surface area contributed by atoms with Gasteiger partial charge in [0.05, 0.1) is 5.69 Å². The van der Waals surface area contributed by atoms with Gasteiger partial charge >= 0.3 is 0 Å². The molecule has 0 amide bonds. The molecule has 0 bridgehead atoms. The molecular weight excluding hydrogens is 212 g/mol. The van der Waals surface area contributed by atoms with E-state index < -0.39 is 0 Å². The molecule has 4 N–H and O–H groups in total. The summed E-state index contributed by atoms with van der Waals surface area (Å²) in [6.07, 6.45) is 3.02. The van der Waals surface area contributed by atoms with E-state index in [2.05, 4.69) is 28.2 Å². The van der Waals surface area contributed by atoms with Crippen LogP contribution in [0.5, 0.6) is 0 Å². The molecule has 1 aromatic carbocycles. The van der Waals surface area contributed by atoms with Crippen LogP contribution in [0.25, 0.3) is 11.1 Å². The normalized spacial score (nSPS) is 13.6. The quantitative estimate of drug-likeness (QED) is 0.718. The SMILES string of the molecule is Nc1nc(N)c2c(n1)CCCc1ccccc1-2. The Bertz CT molecular complexity index is 578. The number of anilines is 2. The summed E-state index contributed by atoms with van der Waals surface area (Å²) < 4.78 is 0. The molecule has 0 atom stereocenters. The highest BCUT2D eigenvalue weighted by Crippen LogP contribution is 2.34. The van der Waals surface area contributed by atoms with Crippen LogP contribution in [-0.2, 0) is 12.8 Å². The largest absolute Gasteiger partial charge is 0.383 e. The van der Waals surface area contributed by atoms with E-state index in [9.17, 15) is 0 Å². The van der Waals surface area contributed by atoms with E-state index in [4.69, 9.17) is 11.5 Å². The lowest BCUT2D eigenvalue weighted by Gasteiger charge is -2.11. The first-order chi connectivity index (χ1) is 8.25. The van der Waals surface area contributed by atoms with Crippen molar-refractivity contribution in [1.82, 2.24) is 9.97 Å². The van der Waals surface area contributed by atoms with E-state index in [0.717, 1.165) is 36.1 Å². The summed E-state index contributed by atoms with van der Waals surface area (Å²) >= 11 is 0. The molecule has 0 spiro atoms. The Labute approximate surface area is 99.7 Å². The highest BCUT2D eigenvalue weighted by atomic mass is 15.0. The van der Waals surface area contributed by atoms with Gasteiger partial charge in [-0.15, -0.1) is 0 Å². The van der Waals surface area contributed by atoms with E-state index in [1.807, 2.05) is 6.07 Å². The third-order valence-electron chi connectivity index (χ3n) is 3.18. The zero-order valence-corrected chi connectivity index (χ0v) is 9.48. The van der Waals surface area contributed by atoms with Crippen molar-refractivity contribution in [3.05, 3.63) is 35.5 Å². The summed E-state index contributed by atoms with van der Waals surface area (Å²) in [5.74, 6) is 0.752. The van der Waals surface area contributed by atoms with E-state index in [1.165, 1.54) is 5.56 Å². The number of hydrogen-bond acceptors (Lipinski definition) is 4. The number of nitrogen functional groups attached to an aromatic ring is 2. The maximum atomic E-state index is 6.00. The number of nitrogens with two attached hydrogens (primary N) is 2. The Morgan fingerprint density at radius 3 is 2.71 bits per heavy atom. The number of benzene rings is 1. The first-order valence-electron chi connectivity index (χ1n) is 5.76. The molecule has 2 aromatic rings. The van der Waals surface area contributed by atoms with E-state index >= 15 is 0 Å². The van der Waals surface area contributed by atoms with Gasteiger partial charge in [-0.25, -0.2) is 4.98 Å². The molecule has 0 fully saturated rings. The summed E-state index contributed by atoms with van der Waals surface area (Å²) in [6.45, 7) is 0. The van der Waals surface area contributed by atoms with E-state index in [1.54, 1.807) is 0 Å². The summed E-state index contributed by atoms with van der Waals surface area (Å²) in [5, 5.41) is 0. The van der Waals surface area contributed by atoms with Crippen LogP contribution < -0.4 is 11.5 Å². The Kier molecular flexibility index (Phi) is 2.21. The van der Waals surface area contributed by atoms with Crippen LogP contribution in [0.1, 0.15) is 17.7 Å². The van der Waals surface area contributed by atoms with Crippen molar-refractivity contribution in [1.29, 1.82) is 0 Å². The summed E-state index contributed by atoms with van der Waals surface area (Å²) in [7, 11) is 0. The molecule has 4 heteroatoms. The second-order valence-corrected chi connectivity index (χ2v) is 4.30. The second-order valence-electron chi connectivity index (χ2n) is 4.30. The lowest BCUT2D eigenvalue weighted by Crippen LogP contribution is -2.06. The second kappa shape index (κ2) is 3.73. The molecule has 0 saturated carbocycles. The summed E-state index contributed by atoms with van der Waals surface area (Å²) in [4.78, 5) is 8.39. The van der Waals surface area contributed by atoms with Gasteiger partial charge in [0.2, 0.25) is 5.95 Å². The lowest BCUT2D eigenvalue weighted by molar-refractivity contribution is 0.813. The fourth-order valence-electron chi connectivity index (χ4n) is 2.45. The van der Waals surface area contributed by atoms with Crippen LogP contribution in [-0.4, -0.2) is 9.97 Å². The number of hydrogen-bond donors (Lipinski definition) is 2. The lowest BCUT2D eigenvalue weighted by atomic mass is 9.99. The fraction of sp³-hybridized carbons (Fsp3) is 0.231. The molecule has 3 rings (SSSR count). The predicted octanol–water partition coefficient (Wildman–Crippen LogP) is 1.80. The topological polar surface area (TPSA) is 77.8 Å². The summed E-state index contributed by atoms with van der Waals surface area (Å²) in [5.41, 5.74) is 16.0. The third kappa shape index (κ3) is 1.62. The number of aryl methyl sites for hydroxylation is 2. The van der Waals surface area contributed by atoms with Crippen molar-refractivity contribution in [2.24, 2.45) is 0 Å². The van der Waals surface area contributed by atoms with Gasteiger partial charge in [-0.2, -0.15) is 4.98 Å². The van der Waals surface area contributed by atoms with Crippen molar-refractivity contribution in [3.63, 3.8) is 0 Å². The minimum atomic E-state index is 0.264. The van der Waals surface area contributed by atoms with Gasteiger partial charge in [0.1, 0.15) is 5.82 Å². The smallest absolute Gasteiger partial charge is 0.222 e. The average molecular weight is 226 g/mol. The van der Waals surface area contributed by atoms with Crippen LogP contribution >= 0.6 is 0 Å². The Morgan fingerprint density at radius 2 is 1.82 bits per heavy atom. The van der Waals surface area contributed by atoms with E-state index in [-0.39, 0.29) is 5.95 Å². The van der Waals surface area contributed by atoms with Gasteiger partial charge in [0.15, 0.2) is 0 Å². The minimum Gasteiger partial charge on any atom is -0.383 e. The van der Waals surface area contributed by atoms with Crippen molar-refractivity contribution in [2.45, 2.75) is 19.3 Å². The maximum absolute atomic E-state index is 6.00. The Hall–Kier alpha value is -2.10. The maximum Gasteiger partial charge on any atom is 0.222 e. The molecule has 1 heterocycles. The first kappa shape index (κ1) is 10.1. The highest BCUT2D eigenvalue weighted by Gasteiger charge is 2.18. The van der Waals surface area contributed by atoms with Crippen molar-refractivity contribution < 1.29 is 0 Å². The number of fused-ring (bicyclic) bond motifs is 3. The number of rotatable bonds is 0. The van der Waals surface area contributed by atoms with Crippen LogP contribution in [0.15, 0.2) is 24.3 Å². The highest BCUT2D eigenvalue weighted by molar-refractivity contribution is 5.79. The first-order valence-corrected chi connectivity index (χ1v) is 5.76. The van der Waals surface area contributed by atoms with Gasteiger partial charge < -0.3 is 11.5 Å². The molecule has 0 unspecified atom stereocenters. The number of aromatic nitrogens is 2. The van der Waals surface area contributed by atoms with Crippen molar-refractivity contribution >= 4 is 11.8 Å². The van der Waals surface area contributed by atoms with Crippen LogP contribution in [0, 0.1) is 0 Å². The molecule has 0 aliphatic heterocycles. The van der Waals surface area contributed by atoms with E-state index in [0.29, 0.717) is 5.82 Å². The molecule has 0 radical (unpaired) electrons. The third-order valence-corrected chi connectivity index (χ3v) is 3.18. The molecule has 1 aliphatic carbocycles. The van der Waals surface area contributed by atoms with Crippen molar-refractivity contribution in [2.75, 3.05) is 11.5 Å². The van der Waals surface area contributed by atoms with Crippen LogP contribution in [0.4, 0.5) is 11.8 Å².